The number of hydrogen-bond donors (Lipinski definition) is 0. The predicted octanol–water partition coefficient (Wildman–Crippen LogP) is 2.22. The van der Waals surface area contributed by atoms with E-state index in [1.165, 1.54) is 7.11 Å². The van der Waals surface area contributed by atoms with Crippen molar-refractivity contribution in [2.24, 2.45) is 0 Å². The molecule has 0 N–H and O–H groups in total. The minimum absolute atomic E-state index is 0.0151. The Balaban J connectivity index is 1.67. The van der Waals surface area contributed by atoms with Gasteiger partial charge in [0.05, 0.1) is 18.2 Å². The molecule has 130 valence electrons. The third-order valence-corrected chi connectivity index (χ3v) is 4.45. The van der Waals surface area contributed by atoms with Gasteiger partial charge in [0.1, 0.15) is 0 Å². The zero-order valence-electron chi connectivity index (χ0n) is 14.4. The molecule has 1 saturated heterocycles. The number of nitrogens with zero attached hydrogens (tertiary/aromatic N) is 3. The second-order valence-electron chi connectivity index (χ2n) is 6.07. The molecule has 2 aromatic rings. The molecule has 6 heteroatoms. The van der Waals surface area contributed by atoms with Crippen LogP contribution < -0.4 is 4.90 Å². The maximum atomic E-state index is 12.6. The molecule has 1 aliphatic rings. The number of rotatable bonds is 3. The highest BCUT2D eigenvalue weighted by Crippen LogP contribution is 2.21. The molecule has 1 aliphatic heterocycles. The molecule has 6 nitrogen and oxygen atoms in total. The van der Waals surface area contributed by atoms with Crippen LogP contribution in [0.15, 0.2) is 48.8 Å². The highest BCUT2D eigenvalue weighted by molar-refractivity contribution is 5.94. The third kappa shape index (κ3) is 3.63. The molecule has 0 aliphatic carbocycles. The monoisotopic (exact) mass is 339 g/mol. The molecule has 3 rings (SSSR count). The molecule has 25 heavy (non-hydrogen) atoms. The van der Waals surface area contributed by atoms with Gasteiger partial charge in [-0.1, -0.05) is 0 Å². The van der Waals surface area contributed by atoms with Crippen LogP contribution in [0, 0.1) is 0 Å². The van der Waals surface area contributed by atoms with Gasteiger partial charge in [-0.3, -0.25) is 9.78 Å². The Kier molecular flexibility index (Phi) is 4.97. The number of amides is 1. The van der Waals surface area contributed by atoms with Crippen LogP contribution in [-0.2, 0) is 4.74 Å². The van der Waals surface area contributed by atoms with Gasteiger partial charge in [-0.25, -0.2) is 4.79 Å². The number of carbonyl (C=O) groups is 2. The summed E-state index contributed by atoms with van der Waals surface area (Å²) in [4.78, 5) is 32.3. The van der Waals surface area contributed by atoms with Crippen molar-refractivity contribution in [1.29, 1.82) is 0 Å². The Labute approximate surface area is 147 Å². The van der Waals surface area contributed by atoms with E-state index in [2.05, 4.69) is 9.88 Å². The molecule has 1 atom stereocenters. The number of esters is 1. The fourth-order valence-corrected chi connectivity index (χ4v) is 3.08. The van der Waals surface area contributed by atoms with E-state index >= 15 is 0 Å². The Morgan fingerprint density at radius 1 is 1.12 bits per heavy atom. The van der Waals surface area contributed by atoms with Crippen LogP contribution in [0.5, 0.6) is 0 Å². The van der Waals surface area contributed by atoms with Crippen LogP contribution in [0.3, 0.4) is 0 Å². The van der Waals surface area contributed by atoms with Gasteiger partial charge in [-0.05, 0) is 43.3 Å². The van der Waals surface area contributed by atoms with Crippen molar-refractivity contribution in [1.82, 2.24) is 9.88 Å². The van der Waals surface area contributed by atoms with E-state index in [0.29, 0.717) is 17.7 Å². The van der Waals surface area contributed by atoms with Gasteiger partial charge in [0.2, 0.25) is 0 Å². The summed E-state index contributed by atoms with van der Waals surface area (Å²) in [5, 5.41) is 0. The smallest absolute Gasteiger partial charge is 0.337 e. The van der Waals surface area contributed by atoms with Crippen molar-refractivity contribution >= 4 is 17.6 Å². The number of aromatic nitrogens is 1. The summed E-state index contributed by atoms with van der Waals surface area (Å²) in [6.07, 6.45) is 3.27. The van der Waals surface area contributed by atoms with Gasteiger partial charge in [-0.15, -0.1) is 0 Å². The average Bonchev–Trinajstić information content (AvgIpc) is 2.67. The molecule has 2 heterocycles. The van der Waals surface area contributed by atoms with Crippen molar-refractivity contribution in [2.75, 3.05) is 31.6 Å². The first-order chi connectivity index (χ1) is 12.1. The van der Waals surface area contributed by atoms with E-state index in [1.54, 1.807) is 36.7 Å². The summed E-state index contributed by atoms with van der Waals surface area (Å²) in [6, 6.07) is 11.0. The summed E-state index contributed by atoms with van der Waals surface area (Å²) in [5.74, 6) is -0.326. The minimum Gasteiger partial charge on any atom is -0.465 e. The zero-order chi connectivity index (χ0) is 17.8. The van der Waals surface area contributed by atoms with Crippen molar-refractivity contribution < 1.29 is 14.3 Å². The van der Waals surface area contributed by atoms with Crippen LogP contribution in [0.4, 0.5) is 5.69 Å². The van der Waals surface area contributed by atoms with Crippen LogP contribution in [-0.4, -0.2) is 54.5 Å². The lowest BCUT2D eigenvalue weighted by molar-refractivity contribution is 0.0599. The quantitative estimate of drug-likeness (QED) is 0.803. The minimum atomic E-state index is -0.341. The summed E-state index contributed by atoms with van der Waals surface area (Å²) >= 11 is 0. The summed E-state index contributed by atoms with van der Waals surface area (Å²) < 4.78 is 4.72. The number of carbonyl (C=O) groups excluding carboxylic acids is 2. The zero-order valence-corrected chi connectivity index (χ0v) is 14.4. The molecule has 1 amide bonds. The summed E-state index contributed by atoms with van der Waals surface area (Å²) in [6.45, 7) is 4.17. The highest BCUT2D eigenvalue weighted by atomic mass is 16.5. The third-order valence-electron chi connectivity index (χ3n) is 4.45. The van der Waals surface area contributed by atoms with Gasteiger partial charge in [0, 0.05) is 43.8 Å². The summed E-state index contributed by atoms with van der Waals surface area (Å²) in [5.41, 5.74) is 2.18. The van der Waals surface area contributed by atoms with Crippen LogP contribution in [0.2, 0.25) is 0 Å². The first-order valence-corrected chi connectivity index (χ1v) is 8.24. The first-order valence-electron chi connectivity index (χ1n) is 8.24. The lowest BCUT2D eigenvalue weighted by Gasteiger charge is -2.41. The van der Waals surface area contributed by atoms with Crippen molar-refractivity contribution in [3.63, 3.8) is 0 Å². The maximum absolute atomic E-state index is 12.6. The second kappa shape index (κ2) is 7.34. The molecular weight excluding hydrogens is 318 g/mol. The molecule has 1 aromatic heterocycles. The van der Waals surface area contributed by atoms with Gasteiger partial charge in [-0.2, -0.15) is 0 Å². The lowest BCUT2D eigenvalue weighted by Crippen LogP contribution is -2.54. The number of hydrogen-bond acceptors (Lipinski definition) is 5. The Morgan fingerprint density at radius 3 is 2.48 bits per heavy atom. The van der Waals surface area contributed by atoms with Crippen LogP contribution >= 0.6 is 0 Å². The standard InChI is InChI=1S/C19H21N3O3/c1-14-13-21(17-7-5-15(6-8-17)19(24)25-2)10-11-22(14)18(23)16-4-3-9-20-12-16/h3-9,12,14H,10-11,13H2,1-2H3/t14-/m0/s1. The number of benzene rings is 1. The molecule has 0 spiro atoms. The normalized spacial score (nSPS) is 17.3. The Hall–Kier alpha value is -2.89. The van der Waals surface area contributed by atoms with E-state index in [1.807, 2.05) is 24.0 Å². The largest absolute Gasteiger partial charge is 0.465 e. The molecular formula is C19H21N3O3. The fourth-order valence-electron chi connectivity index (χ4n) is 3.08. The number of methoxy groups -OCH3 is 1. The Morgan fingerprint density at radius 2 is 1.88 bits per heavy atom. The van der Waals surface area contributed by atoms with Crippen molar-refractivity contribution in [3.8, 4) is 0 Å². The summed E-state index contributed by atoms with van der Waals surface area (Å²) in [7, 11) is 1.37. The van der Waals surface area contributed by atoms with Gasteiger partial charge in [0.25, 0.3) is 5.91 Å². The van der Waals surface area contributed by atoms with E-state index in [4.69, 9.17) is 4.74 Å². The van der Waals surface area contributed by atoms with Gasteiger partial charge in [0.15, 0.2) is 0 Å². The molecule has 0 radical (unpaired) electrons. The lowest BCUT2D eigenvalue weighted by atomic mass is 10.1. The van der Waals surface area contributed by atoms with Crippen LogP contribution in [0.1, 0.15) is 27.6 Å². The van der Waals surface area contributed by atoms with Gasteiger partial charge < -0.3 is 14.5 Å². The number of ether oxygens (including phenoxy) is 1. The average molecular weight is 339 g/mol. The predicted molar refractivity (Wildman–Crippen MR) is 94.7 cm³/mol. The molecule has 1 aromatic carbocycles. The van der Waals surface area contributed by atoms with Crippen molar-refractivity contribution in [3.05, 3.63) is 59.9 Å². The van der Waals surface area contributed by atoms with Crippen LogP contribution in [0.25, 0.3) is 0 Å². The van der Waals surface area contributed by atoms with E-state index in [9.17, 15) is 9.59 Å². The Bertz CT molecular complexity index is 746. The van der Waals surface area contributed by atoms with E-state index < -0.39 is 0 Å². The number of anilines is 1. The SMILES string of the molecule is COC(=O)c1ccc(N2CCN(C(=O)c3cccnc3)[C@@H](C)C2)cc1. The second-order valence-corrected chi connectivity index (χ2v) is 6.07. The van der Waals surface area contributed by atoms with E-state index in [0.717, 1.165) is 18.8 Å². The molecule has 0 unspecified atom stereocenters. The fraction of sp³-hybridized carbons (Fsp3) is 0.316. The molecule has 1 fully saturated rings. The topological polar surface area (TPSA) is 62.7 Å². The van der Waals surface area contributed by atoms with Crippen molar-refractivity contribution in [2.45, 2.75) is 13.0 Å². The molecule has 0 bridgehead atoms. The number of piperazine rings is 1. The van der Waals surface area contributed by atoms with E-state index in [-0.39, 0.29) is 17.9 Å². The van der Waals surface area contributed by atoms with Gasteiger partial charge >= 0.3 is 5.97 Å². The maximum Gasteiger partial charge on any atom is 0.337 e. The number of pyridine rings is 1. The first kappa shape index (κ1) is 17.0. The highest BCUT2D eigenvalue weighted by Gasteiger charge is 2.28. The molecule has 0 saturated carbocycles.